The first-order valence-corrected chi connectivity index (χ1v) is 10.8. The summed E-state index contributed by atoms with van der Waals surface area (Å²) < 4.78 is 24.4. The Hall–Kier alpha value is -2.44. The van der Waals surface area contributed by atoms with E-state index in [4.69, 9.17) is 9.47 Å². The van der Waals surface area contributed by atoms with Crippen LogP contribution >= 0.6 is 0 Å². The summed E-state index contributed by atoms with van der Waals surface area (Å²) in [6.07, 6.45) is 8.95. The van der Waals surface area contributed by atoms with Crippen molar-refractivity contribution < 1.29 is 28.9 Å². The van der Waals surface area contributed by atoms with Crippen LogP contribution in [0.25, 0.3) is 0 Å². The van der Waals surface area contributed by atoms with Crippen LogP contribution in [0.2, 0.25) is 0 Å². The highest BCUT2D eigenvalue weighted by Gasteiger charge is 2.39. The third-order valence-corrected chi connectivity index (χ3v) is 5.14. The molecule has 0 radical (unpaired) electrons. The molecule has 31 heavy (non-hydrogen) atoms. The lowest BCUT2D eigenvalue weighted by atomic mass is 9.90. The molecular formula is C25H33FO5. The van der Waals surface area contributed by atoms with Crippen molar-refractivity contribution in [3.63, 3.8) is 0 Å². The molecule has 1 aromatic rings. The molecule has 170 valence electrons. The second-order valence-electron chi connectivity index (χ2n) is 8.04. The molecular weight excluding hydrogens is 399 g/mol. The van der Waals surface area contributed by atoms with E-state index in [0.29, 0.717) is 25.0 Å². The molecule has 0 aliphatic heterocycles. The summed E-state index contributed by atoms with van der Waals surface area (Å²) in [6, 6.07) is 8.88. The number of carbonyl (C=O) groups is 1. The molecule has 6 heteroatoms. The molecule has 0 bridgehead atoms. The molecule has 2 rings (SSSR count). The fraction of sp³-hybridized carbons (Fsp3) is 0.480. The Kier molecular flexibility index (Phi) is 10.5. The number of benzene rings is 1. The summed E-state index contributed by atoms with van der Waals surface area (Å²) in [4.78, 5) is 11.5. The SMILES string of the molecule is CC(C)OC(=O)CCCC=CC[C@@H]1[C@@H](/C=C/C(F)=C\Oc2ccccc2)[C@H](O)C[C@@H]1O. The monoisotopic (exact) mass is 432 g/mol. The van der Waals surface area contributed by atoms with Crippen molar-refractivity contribution in [1.82, 2.24) is 0 Å². The van der Waals surface area contributed by atoms with Gasteiger partial charge in [0.15, 0.2) is 5.83 Å². The van der Waals surface area contributed by atoms with Gasteiger partial charge in [0.2, 0.25) is 0 Å². The quantitative estimate of drug-likeness (QED) is 0.172. The predicted octanol–water partition coefficient (Wildman–Crippen LogP) is 4.86. The van der Waals surface area contributed by atoms with Crippen molar-refractivity contribution >= 4 is 5.97 Å². The Bertz CT molecular complexity index is 756. The molecule has 0 spiro atoms. The molecule has 1 fully saturated rings. The molecule has 2 N–H and O–H groups in total. The summed E-state index contributed by atoms with van der Waals surface area (Å²) in [5.74, 6) is -0.787. The molecule has 0 unspecified atom stereocenters. The molecule has 0 heterocycles. The predicted molar refractivity (Wildman–Crippen MR) is 118 cm³/mol. The van der Waals surface area contributed by atoms with Gasteiger partial charge in [-0.15, -0.1) is 0 Å². The lowest BCUT2D eigenvalue weighted by Crippen LogP contribution is -2.19. The van der Waals surface area contributed by atoms with Crippen molar-refractivity contribution in [3.8, 4) is 5.75 Å². The standard InChI is InChI=1S/C25H33FO5/c1-18(2)31-25(29)13-9-4-3-8-12-21-22(24(28)16-23(21)27)15-14-19(26)17-30-20-10-6-5-7-11-20/h3,5-8,10-11,14-15,17-18,21-24,27-28H,4,9,12-13,16H2,1-2H3/b8-3?,15-14+,19-17+/t21-,22-,23+,24-/m1/s1. The average Bonchev–Trinajstić information content (AvgIpc) is 3.00. The lowest BCUT2D eigenvalue weighted by Gasteiger charge is -2.19. The number of halogens is 1. The van der Waals surface area contributed by atoms with Crippen LogP contribution in [0.5, 0.6) is 5.75 Å². The maximum atomic E-state index is 14.1. The number of hydrogen-bond acceptors (Lipinski definition) is 5. The zero-order valence-corrected chi connectivity index (χ0v) is 18.2. The highest BCUT2D eigenvalue weighted by Crippen LogP contribution is 2.36. The van der Waals surface area contributed by atoms with Gasteiger partial charge >= 0.3 is 5.97 Å². The van der Waals surface area contributed by atoms with E-state index >= 15 is 0 Å². The molecule has 5 nitrogen and oxygen atoms in total. The van der Waals surface area contributed by atoms with Crippen LogP contribution in [0.1, 0.15) is 46.0 Å². The van der Waals surface area contributed by atoms with Crippen LogP contribution < -0.4 is 4.74 Å². The summed E-state index contributed by atoms with van der Waals surface area (Å²) in [6.45, 7) is 3.64. The highest BCUT2D eigenvalue weighted by atomic mass is 19.1. The van der Waals surface area contributed by atoms with E-state index in [2.05, 4.69) is 0 Å². The number of carbonyl (C=O) groups excluding carboxylic acids is 1. The second kappa shape index (κ2) is 13.1. The number of esters is 1. The minimum absolute atomic E-state index is 0.104. The Morgan fingerprint density at radius 3 is 2.65 bits per heavy atom. The smallest absolute Gasteiger partial charge is 0.306 e. The normalized spacial score (nSPS) is 24.4. The average molecular weight is 433 g/mol. The molecule has 0 aromatic heterocycles. The maximum absolute atomic E-state index is 14.1. The van der Waals surface area contributed by atoms with Gasteiger partial charge in [-0.3, -0.25) is 4.79 Å². The van der Waals surface area contributed by atoms with Gasteiger partial charge in [-0.2, -0.15) is 0 Å². The Balaban J connectivity index is 1.82. The van der Waals surface area contributed by atoms with Crippen LogP contribution in [0.3, 0.4) is 0 Å². The van der Waals surface area contributed by atoms with Crippen LogP contribution in [0.4, 0.5) is 4.39 Å². The Morgan fingerprint density at radius 2 is 1.94 bits per heavy atom. The van der Waals surface area contributed by atoms with E-state index in [1.54, 1.807) is 30.3 Å². The Labute approximate surface area is 183 Å². The number of allylic oxidation sites excluding steroid dienone is 4. The minimum atomic E-state index is -0.724. The van der Waals surface area contributed by atoms with Crippen LogP contribution in [0, 0.1) is 11.8 Å². The zero-order chi connectivity index (χ0) is 22.6. The van der Waals surface area contributed by atoms with Crippen LogP contribution in [0.15, 0.2) is 66.7 Å². The molecule has 0 saturated heterocycles. The third-order valence-electron chi connectivity index (χ3n) is 5.14. The van der Waals surface area contributed by atoms with E-state index in [1.807, 2.05) is 32.1 Å². The van der Waals surface area contributed by atoms with E-state index in [1.165, 1.54) is 6.08 Å². The largest absolute Gasteiger partial charge is 0.463 e. The maximum Gasteiger partial charge on any atom is 0.306 e. The van der Waals surface area contributed by atoms with Gasteiger partial charge in [0.25, 0.3) is 0 Å². The number of unbranched alkanes of at least 4 members (excludes halogenated alkanes) is 1. The van der Waals surface area contributed by atoms with Crippen molar-refractivity contribution in [3.05, 3.63) is 66.7 Å². The van der Waals surface area contributed by atoms with Gasteiger partial charge in [0.05, 0.1) is 18.3 Å². The first kappa shape index (κ1) is 24.8. The number of aliphatic hydroxyl groups excluding tert-OH is 2. The second-order valence-corrected chi connectivity index (χ2v) is 8.04. The first-order valence-electron chi connectivity index (χ1n) is 10.8. The van der Waals surface area contributed by atoms with Gasteiger partial charge in [-0.1, -0.05) is 36.4 Å². The first-order chi connectivity index (χ1) is 14.9. The van der Waals surface area contributed by atoms with E-state index < -0.39 is 18.0 Å². The van der Waals surface area contributed by atoms with Gasteiger partial charge in [0.1, 0.15) is 12.0 Å². The van der Waals surface area contributed by atoms with Crippen molar-refractivity contribution in [2.75, 3.05) is 0 Å². The summed E-state index contributed by atoms with van der Waals surface area (Å²) in [5.41, 5.74) is 0. The third kappa shape index (κ3) is 9.07. The van der Waals surface area contributed by atoms with Crippen molar-refractivity contribution in [2.24, 2.45) is 11.8 Å². The van der Waals surface area contributed by atoms with E-state index in [-0.39, 0.29) is 30.3 Å². The molecule has 4 atom stereocenters. The highest BCUT2D eigenvalue weighted by molar-refractivity contribution is 5.69. The minimum Gasteiger partial charge on any atom is -0.463 e. The van der Waals surface area contributed by atoms with E-state index in [0.717, 1.165) is 12.7 Å². The number of hydrogen-bond donors (Lipinski definition) is 2. The number of para-hydroxylation sites is 1. The van der Waals surface area contributed by atoms with Gasteiger partial charge in [-0.05, 0) is 57.2 Å². The Morgan fingerprint density at radius 1 is 1.19 bits per heavy atom. The van der Waals surface area contributed by atoms with Crippen LogP contribution in [-0.4, -0.2) is 34.5 Å². The van der Waals surface area contributed by atoms with Crippen molar-refractivity contribution in [1.29, 1.82) is 0 Å². The topological polar surface area (TPSA) is 76.0 Å². The number of aliphatic hydroxyl groups is 2. The molecule has 1 aliphatic carbocycles. The van der Waals surface area contributed by atoms with Gasteiger partial charge in [-0.25, -0.2) is 4.39 Å². The summed E-state index contributed by atoms with van der Waals surface area (Å²) >= 11 is 0. The number of rotatable bonds is 11. The summed E-state index contributed by atoms with van der Waals surface area (Å²) in [7, 11) is 0. The van der Waals surface area contributed by atoms with Gasteiger partial charge in [0, 0.05) is 18.8 Å². The lowest BCUT2D eigenvalue weighted by molar-refractivity contribution is -0.147. The zero-order valence-electron chi connectivity index (χ0n) is 18.2. The molecule has 0 amide bonds. The van der Waals surface area contributed by atoms with E-state index in [9.17, 15) is 19.4 Å². The fourth-order valence-corrected chi connectivity index (χ4v) is 3.63. The number of ether oxygens (including phenoxy) is 2. The van der Waals surface area contributed by atoms with Crippen molar-refractivity contribution in [2.45, 2.75) is 64.3 Å². The van der Waals surface area contributed by atoms with Gasteiger partial charge < -0.3 is 19.7 Å². The molecule has 1 aromatic carbocycles. The summed E-state index contributed by atoms with van der Waals surface area (Å²) in [5, 5.41) is 20.5. The molecule has 1 saturated carbocycles. The van der Waals surface area contributed by atoms with Crippen LogP contribution in [-0.2, 0) is 9.53 Å². The molecule has 1 aliphatic rings. The fourth-order valence-electron chi connectivity index (χ4n) is 3.63.